The van der Waals surface area contributed by atoms with Crippen molar-refractivity contribution in [2.24, 2.45) is 11.8 Å². The maximum Gasteiger partial charge on any atom is 0.0412 e. The summed E-state index contributed by atoms with van der Waals surface area (Å²) >= 11 is 0. The molecule has 2 aliphatic rings. The molecule has 1 nitrogen and oxygen atoms in total. The highest BCUT2D eigenvalue weighted by atomic mass is 14.7. The molecule has 2 fully saturated rings. The van der Waals surface area contributed by atoms with E-state index >= 15 is 0 Å². The largest absolute Gasteiger partial charge is 0.258 e. The number of hydrogen-bond acceptors (Lipinski definition) is 1. The summed E-state index contributed by atoms with van der Waals surface area (Å²) in [6.07, 6.45) is 12.1. The van der Waals surface area contributed by atoms with Crippen LogP contribution in [0.3, 0.4) is 0 Å². The first kappa shape index (κ1) is 17.8. The number of nitrogens with zero attached hydrogens (tertiary/aromatic N) is 1. The zero-order valence-corrected chi connectivity index (χ0v) is 16.5. The molecule has 2 aromatic rings. The number of pyridine rings is 1. The van der Waals surface area contributed by atoms with E-state index in [4.69, 9.17) is 4.98 Å². The van der Waals surface area contributed by atoms with Gasteiger partial charge in [-0.2, -0.15) is 0 Å². The predicted octanol–water partition coefficient (Wildman–Crippen LogP) is 6.42. The summed E-state index contributed by atoms with van der Waals surface area (Å²) in [4.78, 5) is 5.10. The van der Waals surface area contributed by atoms with Crippen molar-refractivity contribution in [3.05, 3.63) is 65.0 Å². The molecule has 0 N–H and O–H groups in total. The van der Waals surface area contributed by atoms with Gasteiger partial charge < -0.3 is 0 Å². The van der Waals surface area contributed by atoms with E-state index in [1.165, 1.54) is 73.9 Å². The fourth-order valence-corrected chi connectivity index (χ4v) is 5.06. The lowest BCUT2D eigenvalue weighted by atomic mass is 9.93. The lowest BCUT2D eigenvalue weighted by Crippen LogP contribution is -2.09. The van der Waals surface area contributed by atoms with Gasteiger partial charge in [0.15, 0.2) is 0 Å². The number of hydrogen-bond donors (Lipinski definition) is 0. The quantitative estimate of drug-likeness (QED) is 0.568. The number of benzene rings is 1. The Balaban J connectivity index is 1.44. The average Bonchev–Trinajstić information content (AvgIpc) is 3.35. The molecule has 0 radical (unpaired) electrons. The van der Waals surface area contributed by atoms with Crippen molar-refractivity contribution in [2.45, 2.75) is 77.0 Å². The van der Waals surface area contributed by atoms with E-state index in [1.807, 2.05) is 0 Å². The van der Waals surface area contributed by atoms with Crippen LogP contribution >= 0.6 is 0 Å². The van der Waals surface area contributed by atoms with Crippen LogP contribution in [0.4, 0.5) is 0 Å². The molecule has 0 spiro atoms. The van der Waals surface area contributed by atoms with E-state index in [0.29, 0.717) is 5.41 Å². The van der Waals surface area contributed by atoms with Gasteiger partial charge in [0.2, 0.25) is 0 Å². The van der Waals surface area contributed by atoms with Gasteiger partial charge in [-0.3, -0.25) is 4.98 Å². The predicted molar refractivity (Wildman–Crippen MR) is 109 cm³/mol. The van der Waals surface area contributed by atoms with Gasteiger partial charge in [-0.25, -0.2) is 0 Å². The molecule has 26 heavy (non-hydrogen) atoms. The van der Waals surface area contributed by atoms with Crippen LogP contribution in [0.15, 0.2) is 42.5 Å². The van der Waals surface area contributed by atoms with Crippen LogP contribution in [0, 0.1) is 18.8 Å². The molecule has 2 atom stereocenters. The van der Waals surface area contributed by atoms with Gasteiger partial charge in [0.25, 0.3) is 0 Å². The Kier molecular flexibility index (Phi) is 5.16. The molecule has 4 rings (SSSR count). The topological polar surface area (TPSA) is 12.9 Å². The summed E-state index contributed by atoms with van der Waals surface area (Å²) in [6, 6.07) is 15.7. The normalized spacial score (nSPS) is 26.5. The van der Waals surface area contributed by atoms with Crippen molar-refractivity contribution in [3.63, 3.8) is 0 Å². The van der Waals surface area contributed by atoms with E-state index in [-0.39, 0.29) is 0 Å². The van der Waals surface area contributed by atoms with Gasteiger partial charge in [-0.1, -0.05) is 75.8 Å². The van der Waals surface area contributed by atoms with Crippen LogP contribution in [-0.4, -0.2) is 4.98 Å². The third kappa shape index (κ3) is 4.03. The first-order valence-corrected chi connectivity index (χ1v) is 10.7. The number of aryl methyl sites for hydroxylation is 1. The second-order valence-corrected chi connectivity index (χ2v) is 9.08. The minimum atomic E-state index is 0.355. The van der Waals surface area contributed by atoms with E-state index in [1.54, 1.807) is 0 Å². The van der Waals surface area contributed by atoms with Crippen molar-refractivity contribution in [1.82, 2.24) is 4.98 Å². The second-order valence-electron chi connectivity index (χ2n) is 9.08. The summed E-state index contributed by atoms with van der Waals surface area (Å²) in [5, 5.41) is 0. The lowest BCUT2D eigenvalue weighted by Gasteiger charge is -2.15. The Morgan fingerprint density at radius 1 is 0.923 bits per heavy atom. The van der Waals surface area contributed by atoms with Crippen molar-refractivity contribution in [2.75, 3.05) is 0 Å². The molecule has 0 amide bonds. The highest BCUT2D eigenvalue weighted by Gasteiger charge is 2.50. The average molecular weight is 348 g/mol. The Labute approximate surface area is 159 Å². The van der Waals surface area contributed by atoms with E-state index in [0.717, 1.165) is 18.3 Å². The summed E-state index contributed by atoms with van der Waals surface area (Å²) in [5.74, 6) is 1.60. The molecule has 1 heterocycles. The fourth-order valence-electron chi connectivity index (χ4n) is 5.06. The van der Waals surface area contributed by atoms with Gasteiger partial charge in [0.05, 0.1) is 0 Å². The van der Waals surface area contributed by atoms with Gasteiger partial charge in [-0.15, -0.1) is 0 Å². The fraction of sp³-hybridized carbons (Fsp3) is 0.560. The Morgan fingerprint density at radius 2 is 1.58 bits per heavy atom. The van der Waals surface area contributed by atoms with Crippen molar-refractivity contribution >= 4 is 0 Å². The highest BCUT2D eigenvalue weighted by molar-refractivity contribution is 5.34. The summed E-state index contributed by atoms with van der Waals surface area (Å²) in [5.41, 5.74) is 5.90. The van der Waals surface area contributed by atoms with E-state index < -0.39 is 0 Å². The maximum absolute atomic E-state index is 5.10. The Morgan fingerprint density at radius 3 is 2.27 bits per heavy atom. The number of rotatable bonds is 5. The van der Waals surface area contributed by atoms with Crippen LogP contribution in [0.2, 0.25) is 0 Å². The standard InChI is InChI=1S/C25H33N/c1-19-14-23(16-20-10-6-3-4-7-11-20)26-24(15-19)17-22-18-25(22,2)21-12-8-5-9-13-21/h5,8-9,12-15,20,22H,3-4,6-7,10-11,16-18H2,1-2H3/t22-,25+/m1/s1. The first-order chi connectivity index (χ1) is 12.6. The molecule has 0 bridgehead atoms. The zero-order chi connectivity index (χ0) is 18.0. The number of aromatic nitrogens is 1. The Hall–Kier alpha value is -1.63. The van der Waals surface area contributed by atoms with Crippen LogP contribution in [0.5, 0.6) is 0 Å². The Bertz CT molecular complexity index is 727. The van der Waals surface area contributed by atoms with Gasteiger partial charge >= 0.3 is 0 Å². The monoisotopic (exact) mass is 347 g/mol. The molecule has 2 saturated carbocycles. The van der Waals surface area contributed by atoms with E-state index in [2.05, 4.69) is 56.3 Å². The molecule has 1 heteroatoms. The molecule has 1 aromatic heterocycles. The summed E-state index contributed by atoms with van der Waals surface area (Å²) < 4.78 is 0. The third-order valence-corrected chi connectivity index (χ3v) is 6.85. The highest BCUT2D eigenvalue weighted by Crippen LogP contribution is 2.55. The molecule has 0 unspecified atom stereocenters. The maximum atomic E-state index is 5.10. The molecular formula is C25H33N. The second kappa shape index (κ2) is 7.55. The van der Waals surface area contributed by atoms with Crippen LogP contribution in [-0.2, 0) is 18.3 Å². The first-order valence-electron chi connectivity index (χ1n) is 10.7. The molecule has 1 aromatic carbocycles. The van der Waals surface area contributed by atoms with Gasteiger partial charge in [-0.05, 0) is 66.7 Å². The minimum Gasteiger partial charge on any atom is -0.258 e. The summed E-state index contributed by atoms with van der Waals surface area (Å²) in [6.45, 7) is 4.67. The molecule has 138 valence electrons. The van der Waals surface area contributed by atoms with Crippen molar-refractivity contribution in [3.8, 4) is 0 Å². The van der Waals surface area contributed by atoms with Crippen molar-refractivity contribution in [1.29, 1.82) is 0 Å². The van der Waals surface area contributed by atoms with Gasteiger partial charge in [0, 0.05) is 11.4 Å². The van der Waals surface area contributed by atoms with Crippen molar-refractivity contribution < 1.29 is 0 Å². The van der Waals surface area contributed by atoms with Crippen LogP contribution < -0.4 is 0 Å². The molecule has 0 aliphatic heterocycles. The molecule has 2 aliphatic carbocycles. The lowest BCUT2D eigenvalue weighted by molar-refractivity contribution is 0.452. The molecule has 0 saturated heterocycles. The SMILES string of the molecule is Cc1cc(CC2CCCCCC2)nc(C[C@@H]2C[C@@]2(C)c2ccccc2)c1. The molecular weight excluding hydrogens is 314 g/mol. The van der Waals surface area contributed by atoms with Gasteiger partial charge in [0.1, 0.15) is 0 Å². The minimum absolute atomic E-state index is 0.355. The van der Waals surface area contributed by atoms with Crippen LogP contribution in [0.25, 0.3) is 0 Å². The van der Waals surface area contributed by atoms with Crippen LogP contribution in [0.1, 0.15) is 74.4 Å². The summed E-state index contributed by atoms with van der Waals surface area (Å²) in [7, 11) is 0. The van der Waals surface area contributed by atoms with E-state index in [9.17, 15) is 0 Å². The zero-order valence-electron chi connectivity index (χ0n) is 16.5. The smallest absolute Gasteiger partial charge is 0.0412 e. The third-order valence-electron chi connectivity index (χ3n) is 6.85.